The first-order chi connectivity index (χ1) is 10.2. The van der Waals surface area contributed by atoms with Crippen LogP contribution in [0.25, 0.3) is 0 Å². The van der Waals surface area contributed by atoms with Crippen molar-refractivity contribution in [1.82, 2.24) is 0 Å². The Labute approximate surface area is 155 Å². The van der Waals surface area contributed by atoms with Crippen LogP contribution < -0.4 is 39.4 Å². The van der Waals surface area contributed by atoms with Crippen LogP contribution >= 0.6 is 0 Å². The number of rotatable bonds is 6. The van der Waals surface area contributed by atoms with Crippen molar-refractivity contribution in [3.8, 4) is 5.75 Å². The van der Waals surface area contributed by atoms with E-state index in [-0.39, 0.29) is 58.9 Å². The van der Waals surface area contributed by atoms with E-state index in [0.717, 1.165) is 12.1 Å². The zero-order valence-corrected chi connectivity index (χ0v) is 15.5. The molecule has 0 atom stereocenters. The molecular formula is C13H14NNaO7S. The van der Waals surface area contributed by atoms with E-state index in [0.29, 0.717) is 0 Å². The third-order valence-electron chi connectivity index (χ3n) is 2.24. The number of carbonyl (C=O) groups is 1. The molecule has 0 spiro atoms. The maximum atomic E-state index is 11.4. The van der Waals surface area contributed by atoms with Crippen LogP contribution in [0.4, 0.5) is 0 Å². The van der Waals surface area contributed by atoms with Crippen LogP contribution in [-0.2, 0) is 19.6 Å². The molecule has 1 aromatic rings. The molecule has 0 unspecified atom stereocenters. The molecule has 0 aromatic heterocycles. The van der Waals surface area contributed by atoms with E-state index in [2.05, 4.69) is 11.6 Å². The average Bonchev–Trinajstić information content (AvgIpc) is 2.42. The zero-order valence-electron chi connectivity index (χ0n) is 12.7. The Bertz CT molecular complexity index is 683. The van der Waals surface area contributed by atoms with Crippen molar-refractivity contribution in [3.05, 3.63) is 36.4 Å². The summed E-state index contributed by atoms with van der Waals surface area (Å²) < 4.78 is 40.0. The van der Waals surface area contributed by atoms with Crippen LogP contribution in [0.1, 0.15) is 6.92 Å². The molecule has 0 saturated heterocycles. The Morgan fingerprint density at radius 1 is 1.35 bits per heavy atom. The minimum Gasteiger partial charge on any atom is -0.567 e. The fourth-order valence-corrected chi connectivity index (χ4v) is 1.69. The number of benzene rings is 1. The van der Waals surface area contributed by atoms with E-state index < -0.39 is 22.2 Å². The average molecular weight is 351 g/mol. The first-order valence-corrected chi connectivity index (χ1v) is 7.43. The minimum absolute atomic E-state index is 0. The number of carbonyl (C=O) groups excluding carboxylic acids is 1. The number of hydrogen-bond acceptors (Lipinski definition) is 7. The molecule has 120 valence electrons. The van der Waals surface area contributed by atoms with Crippen molar-refractivity contribution >= 4 is 22.2 Å². The quantitative estimate of drug-likeness (QED) is 0.111. The third-order valence-corrected chi connectivity index (χ3v) is 3.11. The topological polar surface area (TPSA) is 125 Å². The summed E-state index contributed by atoms with van der Waals surface area (Å²) in [5.41, 5.74) is 0.238. The van der Waals surface area contributed by atoms with Gasteiger partial charge in [-0.25, -0.2) is 4.79 Å². The second kappa shape index (κ2) is 9.68. The van der Waals surface area contributed by atoms with E-state index in [1.165, 1.54) is 19.1 Å². The van der Waals surface area contributed by atoms with Crippen LogP contribution in [0.5, 0.6) is 5.75 Å². The fraction of sp³-hybridized carbons (Fsp3) is 0.231. The minimum atomic E-state index is -4.30. The number of ether oxygens (including phenoxy) is 2. The smallest absolute Gasteiger partial charge is 0.567 e. The molecule has 0 aliphatic rings. The summed E-state index contributed by atoms with van der Waals surface area (Å²) in [5.74, 6) is -0.524. The summed E-state index contributed by atoms with van der Waals surface area (Å²) in [6.07, 6.45) is -0.925. The molecule has 1 N–H and O–H groups in total. The molecule has 0 bridgehead atoms. The van der Waals surface area contributed by atoms with Crippen molar-refractivity contribution in [3.63, 3.8) is 0 Å². The summed E-state index contributed by atoms with van der Waals surface area (Å²) in [7, 11) is -4.30. The summed E-state index contributed by atoms with van der Waals surface area (Å²) in [6, 6.07) is 4.54. The van der Waals surface area contributed by atoms with Gasteiger partial charge in [0.15, 0.2) is 0 Å². The van der Waals surface area contributed by atoms with Gasteiger partial charge in [0, 0.05) is 11.3 Å². The van der Waals surface area contributed by atoms with Gasteiger partial charge in [0.2, 0.25) is 0 Å². The van der Waals surface area contributed by atoms with Gasteiger partial charge in [0.05, 0.1) is 11.4 Å². The second-order valence-corrected chi connectivity index (χ2v) is 5.53. The van der Waals surface area contributed by atoms with Gasteiger partial charge < -0.3 is 14.6 Å². The van der Waals surface area contributed by atoms with Crippen molar-refractivity contribution < 1.29 is 61.9 Å². The number of nitrogens with zero attached hydrogens (tertiary/aromatic N) is 1. The van der Waals surface area contributed by atoms with Crippen LogP contribution in [0.15, 0.2) is 46.3 Å². The van der Waals surface area contributed by atoms with Crippen LogP contribution in [0, 0.1) is 0 Å². The Balaban J connectivity index is 0.00000484. The van der Waals surface area contributed by atoms with Crippen molar-refractivity contribution in [1.29, 1.82) is 0 Å². The Hall–Kier alpha value is -1.39. The van der Waals surface area contributed by atoms with Gasteiger partial charge in [0.25, 0.3) is 10.1 Å². The van der Waals surface area contributed by atoms with Gasteiger partial charge in [-0.1, -0.05) is 6.58 Å². The SMILES string of the molecule is C=C(C)C(=O)OCCN=C([O-])Oc1ccc(S(=O)(=O)O)cc1.[Na+]. The van der Waals surface area contributed by atoms with E-state index in [1.54, 1.807) is 0 Å². The van der Waals surface area contributed by atoms with Gasteiger partial charge in [-0.05, 0) is 31.2 Å². The van der Waals surface area contributed by atoms with Crippen molar-refractivity contribution in [2.24, 2.45) is 4.99 Å². The normalized spacial score (nSPS) is 11.3. The summed E-state index contributed by atoms with van der Waals surface area (Å²) in [5, 5.41) is 11.4. The first-order valence-electron chi connectivity index (χ1n) is 5.99. The van der Waals surface area contributed by atoms with Gasteiger partial charge in [-0.15, -0.1) is 0 Å². The van der Waals surface area contributed by atoms with Gasteiger partial charge in [-0.3, -0.25) is 9.55 Å². The largest absolute Gasteiger partial charge is 1.00 e. The summed E-state index contributed by atoms with van der Waals surface area (Å²) in [6.45, 7) is 4.70. The maximum Gasteiger partial charge on any atom is 1.00 e. The molecule has 0 heterocycles. The predicted molar refractivity (Wildman–Crippen MR) is 75.0 cm³/mol. The monoisotopic (exact) mass is 351 g/mol. The number of hydrogen-bond donors (Lipinski definition) is 1. The van der Waals surface area contributed by atoms with E-state index in [1.807, 2.05) is 0 Å². The summed E-state index contributed by atoms with van der Waals surface area (Å²) >= 11 is 0. The standard InChI is InChI=1S/C13H15NO7S.Na/c1-9(2)12(15)20-8-7-14-13(16)21-10-3-5-11(6-4-10)22(17,18)19;/h3-6H,1,7-8H2,2H3,(H,14,16)(H,17,18,19);/q;+1/p-1. The molecular weight excluding hydrogens is 337 g/mol. The first kappa shape index (κ1) is 21.6. The predicted octanol–water partition coefficient (Wildman–Crippen LogP) is -2.85. The molecule has 0 aliphatic carbocycles. The Kier molecular flexibility index (Phi) is 9.10. The third kappa shape index (κ3) is 8.14. The van der Waals surface area contributed by atoms with Gasteiger partial charge >= 0.3 is 35.5 Å². The molecule has 1 aromatic carbocycles. The molecule has 23 heavy (non-hydrogen) atoms. The molecule has 0 amide bonds. The van der Waals surface area contributed by atoms with Crippen LogP contribution in [0.2, 0.25) is 0 Å². The van der Waals surface area contributed by atoms with Crippen molar-refractivity contribution in [2.75, 3.05) is 13.2 Å². The molecule has 0 aliphatic heterocycles. The molecule has 0 saturated carbocycles. The van der Waals surface area contributed by atoms with Crippen molar-refractivity contribution in [2.45, 2.75) is 11.8 Å². The summed E-state index contributed by atoms with van der Waals surface area (Å²) in [4.78, 5) is 14.2. The Morgan fingerprint density at radius 2 is 1.91 bits per heavy atom. The van der Waals surface area contributed by atoms with Crippen LogP contribution in [0.3, 0.4) is 0 Å². The van der Waals surface area contributed by atoms with Gasteiger partial charge in [-0.2, -0.15) is 8.42 Å². The molecule has 1 rings (SSSR count). The molecule has 8 nitrogen and oxygen atoms in total. The second-order valence-electron chi connectivity index (χ2n) is 4.11. The van der Waals surface area contributed by atoms with E-state index in [4.69, 9.17) is 14.0 Å². The maximum absolute atomic E-state index is 11.4. The molecule has 0 fully saturated rings. The van der Waals surface area contributed by atoms with E-state index in [9.17, 15) is 18.3 Å². The zero-order chi connectivity index (χ0) is 16.8. The molecule has 10 heteroatoms. The fourth-order valence-electron chi connectivity index (χ4n) is 1.21. The molecule has 0 radical (unpaired) electrons. The number of esters is 1. The van der Waals surface area contributed by atoms with Crippen LogP contribution in [-0.4, -0.2) is 38.2 Å². The van der Waals surface area contributed by atoms with Gasteiger partial charge in [0.1, 0.15) is 12.7 Å². The number of aliphatic imine (C=N–C) groups is 1. The van der Waals surface area contributed by atoms with E-state index >= 15 is 0 Å². The Morgan fingerprint density at radius 3 is 2.39 bits per heavy atom.